The number of carbonyl (C=O) groups is 1. The molecule has 1 aromatic carbocycles. The molecule has 6 nitrogen and oxygen atoms in total. The molecule has 1 aliphatic rings. The van der Waals surface area contributed by atoms with Crippen LogP contribution in [0.2, 0.25) is 0 Å². The molecule has 1 aliphatic heterocycles. The summed E-state index contributed by atoms with van der Waals surface area (Å²) in [4.78, 5) is 18.2. The number of nitrogens with zero attached hydrogens (tertiary/aromatic N) is 3. The summed E-state index contributed by atoms with van der Waals surface area (Å²) in [6.45, 7) is 4.16. The van der Waals surface area contributed by atoms with E-state index in [0.29, 0.717) is 24.7 Å². The molecule has 1 aromatic heterocycles. The van der Waals surface area contributed by atoms with Crippen LogP contribution in [0.1, 0.15) is 36.5 Å². The molecule has 2 heterocycles. The van der Waals surface area contributed by atoms with Crippen molar-refractivity contribution >= 4 is 11.6 Å². The number of rotatable bonds is 6. The molecule has 0 unspecified atom stereocenters. The van der Waals surface area contributed by atoms with Crippen LogP contribution >= 0.6 is 0 Å². The fraction of sp³-hybridized carbons (Fsp3) is 0.471. The van der Waals surface area contributed by atoms with Crippen LogP contribution < -0.4 is 5.32 Å². The van der Waals surface area contributed by atoms with Crippen molar-refractivity contribution < 1.29 is 9.32 Å². The molecule has 0 bridgehead atoms. The highest BCUT2D eigenvalue weighted by molar-refractivity contribution is 5.76. The second-order valence-electron chi connectivity index (χ2n) is 5.87. The van der Waals surface area contributed by atoms with Gasteiger partial charge in [-0.25, -0.2) is 0 Å². The second-order valence-corrected chi connectivity index (χ2v) is 5.87. The second kappa shape index (κ2) is 7.26. The van der Waals surface area contributed by atoms with Gasteiger partial charge in [0.1, 0.15) is 0 Å². The zero-order valence-electron chi connectivity index (χ0n) is 13.4. The first kappa shape index (κ1) is 15.5. The van der Waals surface area contributed by atoms with E-state index in [9.17, 15) is 4.79 Å². The van der Waals surface area contributed by atoms with E-state index in [1.165, 1.54) is 5.56 Å². The van der Waals surface area contributed by atoms with Crippen LogP contribution in [-0.2, 0) is 17.8 Å². The van der Waals surface area contributed by atoms with Gasteiger partial charge in [0, 0.05) is 25.2 Å². The lowest BCUT2D eigenvalue weighted by Crippen LogP contribution is -2.27. The molecule has 1 fully saturated rings. The Balaban J connectivity index is 1.45. The van der Waals surface area contributed by atoms with Gasteiger partial charge in [-0.2, -0.15) is 4.98 Å². The maximum Gasteiger partial charge on any atom is 0.245 e. The molecule has 1 saturated heterocycles. The molecule has 23 heavy (non-hydrogen) atoms. The first-order chi connectivity index (χ1) is 11.2. The van der Waals surface area contributed by atoms with E-state index >= 15 is 0 Å². The Morgan fingerprint density at radius 3 is 2.65 bits per heavy atom. The number of aryl methyl sites for hydroxylation is 2. The largest absolute Gasteiger partial charge is 0.376 e. The van der Waals surface area contributed by atoms with E-state index in [2.05, 4.69) is 27.6 Å². The van der Waals surface area contributed by atoms with Crippen LogP contribution in [0.25, 0.3) is 0 Å². The minimum absolute atomic E-state index is 0.275. The molecule has 1 amide bonds. The Bertz CT molecular complexity index is 645. The fourth-order valence-electron chi connectivity index (χ4n) is 2.75. The Labute approximate surface area is 135 Å². The van der Waals surface area contributed by atoms with Crippen LogP contribution in [0.4, 0.5) is 5.69 Å². The molecule has 1 N–H and O–H groups in total. The first-order valence-electron chi connectivity index (χ1n) is 8.10. The zero-order chi connectivity index (χ0) is 16.1. The molecule has 0 radical (unpaired) electrons. The van der Waals surface area contributed by atoms with Gasteiger partial charge in [-0.1, -0.05) is 17.3 Å². The van der Waals surface area contributed by atoms with Gasteiger partial charge in [0.05, 0.1) is 6.54 Å². The number of hydrogen-bond acceptors (Lipinski definition) is 5. The van der Waals surface area contributed by atoms with Gasteiger partial charge >= 0.3 is 0 Å². The van der Waals surface area contributed by atoms with Gasteiger partial charge in [-0.15, -0.1) is 0 Å². The maximum atomic E-state index is 12.0. The van der Waals surface area contributed by atoms with Gasteiger partial charge in [0.15, 0.2) is 5.82 Å². The van der Waals surface area contributed by atoms with E-state index in [1.807, 2.05) is 17.0 Å². The number of hydrogen-bond donors (Lipinski definition) is 1. The van der Waals surface area contributed by atoms with Crippen molar-refractivity contribution in [1.29, 1.82) is 0 Å². The molecule has 0 aliphatic carbocycles. The minimum atomic E-state index is 0.275. The summed E-state index contributed by atoms with van der Waals surface area (Å²) in [6, 6.07) is 8.13. The molecule has 122 valence electrons. The number of anilines is 1. The number of amides is 1. The van der Waals surface area contributed by atoms with Crippen LogP contribution in [-0.4, -0.2) is 34.0 Å². The van der Waals surface area contributed by atoms with Gasteiger partial charge < -0.3 is 14.7 Å². The van der Waals surface area contributed by atoms with Crippen molar-refractivity contribution in [3.05, 3.63) is 41.5 Å². The predicted molar refractivity (Wildman–Crippen MR) is 86.9 cm³/mol. The summed E-state index contributed by atoms with van der Waals surface area (Å²) in [5, 5.41) is 6.99. The summed E-state index contributed by atoms with van der Waals surface area (Å²) in [5.41, 5.74) is 2.17. The van der Waals surface area contributed by atoms with E-state index in [4.69, 9.17) is 4.52 Å². The topological polar surface area (TPSA) is 71.3 Å². The summed E-state index contributed by atoms with van der Waals surface area (Å²) < 4.78 is 5.06. The van der Waals surface area contributed by atoms with Crippen molar-refractivity contribution in [1.82, 2.24) is 15.0 Å². The van der Waals surface area contributed by atoms with Crippen molar-refractivity contribution in [2.45, 2.75) is 39.2 Å². The number of benzene rings is 1. The monoisotopic (exact) mass is 314 g/mol. The number of likely N-dealkylation sites (tertiary alicyclic amines) is 1. The van der Waals surface area contributed by atoms with E-state index in [0.717, 1.165) is 38.0 Å². The van der Waals surface area contributed by atoms with Crippen molar-refractivity contribution in [2.24, 2.45) is 0 Å². The van der Waals surface area contributed by atoms with Gasteiger partial charge in [0.2, 0.25) is 11.8 Å². The highest BCUT2D eigenvalue weighted by atomic mass is 16.5. The molecular formula is C17H22N4O2. The van der Waals surface area contributed by atoms with Crippen molar-refractivity contribution in [2.75, 3.05) is 18.4 Å². The third-order valence-corrected chi connectivity index (χ3v) is 4.05. The fourth-order valence-corrected chi connectivity index (χ4v) is 2.75. The smallest absolute Gasteiger partial charge is 0.245 e. The summed E-state index contributed by atoms with van der Waals surface area (Å²) >= 11 is 0. The molecule has 3 rings (SSSR count). The summed E-state index contributed by atoms with van der Waals surface area (Å²) in [6.07, 6.45) is 3.67. The van der Waals surface area contributed by atoms with Crippen LogP contribution in [0.3, 0.4) is 0 Å². The van der Waals surface area contributed by atoms with Gasteiger partial charge in [0.25, 0.3) is 0 Å². The molecule has 0 saturated carbocycles. The van der Waals surface area contributed by atoms with E-state index < -0.39 is 0 Å². The molecule has 0 atom stereocenters. The molecule has 2 aromatic rings. The average Bonchev–Trinajstić information content (AvgIpc) is 3.23. The predicted octanol–water partition coefficient (Wildman–Crippen LogP) is 2.55. The Morgan fingerprint density at radius 1 is 1.26 bits per heavy atom. The Morgan fingerprint density at radius 2 is 2.00 bits per heavy atom. The molecular weight excluding hydrogens is 292 g/mol. The number of carbonyl (C=O) groups excluding carboxylic acids is 1. The van der Waals surface area contributed by atoms with Gasteiger partial charge in [-0.05, 0) is 43.9 Å². The molecule has 0 spiro atoms. The van der Waals surface area contributed by atoms with Gasteiger partial charge in [-0.3, -0.25) is 4.79 Å². The van der Waals surface area contributed by atoms with Crippen molar-refractivity contribution in [3.63, 3.8) is 0 Å². The van der Waals surface area contributed by atoms with Crippen LogP contribution in [0.5, 0.6) is 0 Å². The highest BCUT2D eigenvalue weighted by Crippen LogP contribution is 2.14. The van der Waals surface area contributed by atoms with Crippen molar-refractivity contribution in [3.8, 4) is 0 Å². The van der Waals surface area contributed by atoms with E-state index in [-0.39, 0.29) is 5.91 Å². The lowest BCUT2D eigenvalue weighted by Gasteiger charge is -2.15. The number of nitrogens with one attached hydrogen (secondary N) is 1. The first-order valence-corrected chi connectivity index (χ1v) is 8.10. The van der Waals surface area contributed by atoms with E-state index in [1.54, 1.807) is 6.92 Å². The quantitative estimate of drug-likeness (QED) is 0.887. The number of aromatic nitrogens is 2. The lowest BCUT2D eigenvalue weighted by molar-refractivity contribution is -0.130. The summed E-state index contributed by atoms with van der Waals surface area (Å²) in [5.74, 6) is 1.49. The standard InChI is InChI=1S/C17H22N4O2/c1-13-19-16(23-20-13)12-18-15-7-4-14(5-8-15)6-9-17(22)21-10-2-3-11-21/h4-5,7-8,18H,2-3,6,9-12H2,1H3. The third-order valence-electron chi connectivity index (χ3n) is 4.05. The lowest BCUT2D eigenvalue weighted by atomic mass is 10.1. The maximum absolute atomic E-state index is 12.0. The SMILES string of the molecule is Cc1noc(CNc2ccc(CCC(=O)N3CCCC3)cc2)n1. The highest BCUT2D eigenvalue weighted by Gasteiger charge is 2.17. The average molecular weight is 314 g/mol. The minimum Gasteiger partial charge on any atom is -0.376 e. The molecule has 6 heteroatoms. The normalized spacial score (nSPS) is 14.2. The Kier molecular flexibility index (Phi) is 4.90. The Hall–Kier alpha value is -2.37. The van der Waals surface area contributed by atoms with Crippen LogP contribution in [0, 0.1) is 6.92 Å². The zero-order valence-corrected chi connectivity index (χ0v) is 13.4. The third kappa shape index (κ3) is 4.31. The summed E-state index contributed by atoms with van der Waals surface area (Å²) in [7, 11) is 0. The van der Waals surface area contributed by atoms with Crippen LogP contribution in [0.15, 0.2) is 28.8 Å².